The number of rotatable bonds is 6. The van der Waals surface area contributed by atoms with Crippen molar-refractivity contribution in [2.45, 2.75) is 36.6 Å². The molecular weight excluding hydrogens is 220 g/mol. The van der Waals surface area contributed by atoms with Crippen LogP contribution in [0.2, 0.25) is 0 Å². The summed E-state index contributed by atoms with van der Waals surface area (Å²) in [5.41, 5.74) is 1.20. The maximum absolute atomic E-state index is 8.82. The summed E-state index contributed by atoms with van der Waals surface area (Å²) in [5.74, 6) is 0. The molecule has 0 fully saturated rings. The zero-order chi connectivity index (χ0) is 12.0. The Morgan fingerprint density at radius 2 is 2.19 bits per heavy atom. The minimum atomic E-state index is 0.239. The van der Waals surface area contributed by atoms with Gasteiger partial charge in [0.05, 0.1) is 5.03 Å². The molecule has 2 N–H and O–H groups in total. The largest absolute Gasteiger partial charge is 0.396 e. The van der Waals surface area contributed by atoms with Crippen LogP contribution in [-0.4, -0.2) is 29.0 Å². The molecule has 1 heterocycles. The summed E-state index contributed by atoms with van der Waals surface area (Å²) in [6.45, 7) is 4.45. The SMILES string of the molecule is CNC(C)c1ccc(SC(C)CCO)nc1. The van der Waals surface area contributed by atoms with Crippen molar-refractivity contribution in [3.63, 3.8) is 0 Å². The summed E-state index contributed by atoms with van der Waals surface area (Å²) < 4.78 is 0. The Morgan fingerprint density at radius 3 is 2.69 bits per heavy atom. The van der Waals surface area contributed by atoms with E-state index in [1.165, 1.54) is 5.56 Å². The van der Waals surface area contributed by atoms with E-state index in [2.05, 4.69) is 30.2 Å². The van der Waals surface area contributed by atoms with Gasteiger partial charge in [-0.05, 0) is 32.0 Å². The average molecular weight is 240 g/mol. The minimum Gasteiger partial charge on any atom is -0.396 e. The van der Waals surface area contributed by atoms with E-state index in [9.17, 15) is 0 Å². The lowest BCUT2D eigenvalue weighted by molar-refractivity contribution is 0.289. The molecule has 0 radical (unpaired) electrons. The van der Waals surface area contributed by atoms with Gasteiger partial charge in [0.2, 0.25) is 0 Å². The molecule has 1 rings (SSSR count). The molecule has 0 aliphatic rings. The number of hydrogen-bond acceptors (Lipinski definition) is 4. The number of aromatic nitrogens is 1. The van der Waals surface area contributed by atoms with Gasteiger partial charge in [-0.15, -0.1) is 11.8 Å². The Kier molecular flexibility index (Phi) is 5.80. The quantitative estimate of drug-likeness (QED) is 0.748. The van der Waals surface area contributed by atoms with Gasteiger partial charge in [-0.25, -0.2) is 4.98 Å². The topological polar surface area (TPSA) is 45.1 Å². The molecule has 1 aromatic rings. The van der Waals surface area contributed by atoms with Crippen LogP contribution in [0.4, 0.5) is 0 Å². The Bertz CT molecular complexity index is 302. The summed E-state index contributed by atoms with van der Waals surface area (Å²) in [5, 5.41) is 13.4. The van der Waals surface area contributed by atoms with E-state index in [1.807, 2.05) is 19.3 Å². The van der Waals surface area contributed by atoms with Crippen LogP contribution in [0, 0.1) is 0 Å². The van der Waals surface area contributed by atoms with Gasteiger partial charge in [-0.1, -0.05) is 13.0 Å². The lowest BCUT2D eigenvalue weighted by Crippen LogP contribution is -2.12. The van der Waals surface area contributed by atoms with Crippen molar-refractivity contribution in [3.8, 4) is 0 Å². The summed E-state index contributed by atoms with van der Waals surface area (Å²) in [6.07, 6.45) is 2.72. The first kappa shape index (κ1) is 13.5. The molecule has 2 atom stereocenters. The highest BCUT2D eigenvalue weighted by atomic mass is 32.2. The highest BCUT2D eigenvalue weighted by Gasteiger charge is 2.06. The second-order valence-electron chi connectivity index (χ2n) is 3.88. The second kappa shape index (κ2) is 6.89. The van der Waals surface area contributed by atoms with Gasteiger partial charge in [0, 0.05) is 24.1 Å². The number of thioether (sulfide) groups is 1. The van der Waals surface area contributed by atoms with E-state index in [-0.39, 0.29) is 6.61 Å². The van der Waals surface area contributed by atoms with Crippen molar-refractivity contribution in [2.24, 2.45) is 0 Å². The summed E-state index contributed by atoms with van der Waals surface area (Å²) >= 11 is 1.70. The molecule has 1 aromatic heterocycles. The van der Waals surface area contributed by atoms with Crippen LogP contribution in [0.5, 0.6) is 0 Å². The van der Waals surface area contributed by atoms with Gasteiger partial charge in [-0.2, -0.15) is 0 Å². The lowest BCUT2D eigenvalue weighted by atomic mass is 10.1. The zero-order valence-corrected chi connectivity index (χ0v) is 10.9. The maximum atomic E-state index is 8.82. The molecule has 0 aromatic carbocycles. The van der Waals surface area contributed by atoms with Crippen molar-refractivity contribution in [2.75, 3.05) is 13.7 Å². The van der Waals surface area contributed by atoms with Crippen LogP contribution >= 0.6 is 11.8 Å². The molecule has 0 saturated carbocycles. The van der Waals surface area contributed by atoms with Crippen LogP contribution in [0.3, 0.4) is 0 Å². The molecule has 0 spiro atoms. The third-order valence-corrected chi connectivity index (χ3v) is 3.67. The first-order valence-electron chi connectivity index (χ1n) is 5.58. The van der Waals surface area contributed by atoms with E-state index in [4.69, 9.17) is 5.11 Å². The number of hydrogen-bond donors (Lipinski definition) is 2. The molecule has 0 aliphatic heterocycles. The average Bonchev–Trinajstić information content (AvgIpc) is 2.29. The van der Waals surface area contributed by atoms with Crippen LogP contribution in [-0.2, 0) is 0 Å². The smallest absolute Gasteiger partial charge is 0.0962 e. The molecule has 3 nitrogen and oxygen atoms in total. The highest BCUT2D eigenvalue weighted by molar-refractivity contribution is 7.99. The van der Waals surface area contributed by atoms with Crippen molar-refractivity contribution in [3.05, 3.63) is 23.9 Å². The fourth-order valence-corrected chi connectivity index (χ4v) is 2.23. The van der Waals surface area contributed by atoms with Gasteiger partial charge >= 0.3 is 0 Å². The Balaban J connectivity index is 2.57. The predicted octanol–water partition coefficient (Wildman–Crippen LogP) is 2.23. The molecule has 4 heteroatoms. The van der Waals surface area contributed by atoms with Crippen molar-refractivity contribution in [1.82, 2.24) is 10.3 Å². The Labute approximate surface area is 102 Å². The van der Waals surface area contributed by atoms with E-state index < -0.39 is 0 Å². The molecule has 90 valence electrons. The Morgan fingerprint density at radius 1 is 1.44 bits per heavy atom. The van der Waals surface area contributed by atoms with E-state index in [0.717, 1.165) is 11.4 Å². The second-order valence-corrected chi connectivity index (χ2v) is 5.34. The molecular formula is C12H20N2OS. The van der Waals surface area contributed by atoms with E-state index in [0.29, 0.717) is 11.3 Å². The predicted molar refractivity (Wildman–Crippen MR) is 68.7 cm³/mol. The maximum Gasteiger partial charge on any atom is 0.0962 e. The monoisotopic (exact) mass is 240 g/mol. The molecule has 0 saturated heterocycles. The first-order valence-corrected chi connectivity index (χ1v) is 6.46. The molecule has 0 bridgehead atoms. The summed E-state index contributed by atoms with van der Waals surface area (Å²) in [7, 11) is 1.94. The third kappa shape index (κ3) is 4.12. The molecule has 0 aliphatic carbocycles. The first-order chi connectivity index (χ1) is 7.67. The molecule has 0 amide bonds. The van der Waals surface area contributed by atoms with Crippen molar-refractivity contribution >= 4 is 11.8 Å². The third-order valence-electron chi connectivity index (χ3n) is 2.55. The van der Waals surface area contributed by atoms with Gasteiger partial charge in [0.15, 0.2) is 0 Å². The van der Waals surface area contributed by atoms with Gasteiger partial charge < -0.3 is 10.4 Å². The fraction of sp³-hybridized carbons (Fsp3) is 0.583. The van der Waals surface area contributed by atoms with Gasteiger partial charge in [0.1, 0.15) is 0 Å². The van der Waals surface area contributed by atoms with Crippen molar-refractivity contribution < 1.29 is 5.11 Å². The van der Waals surface area contributed by atoms with E-state index in [1.54, 1.807) is 11.8 Å². The zero-order valence-electron chi connectivity index (χ0n) is 10.1. The van der Waals surface area contributed by atoms with Crippen LogP contribution in [0.15, 0.2) is 23.4 Å². The Hall–Kier alpha value is -0.580. The minimum absolute atomic E-state index is 0.239. The normalized spacial score (nSPS) is 14.8. The number of aliphatic hydroxyl groups excluding tert-OH is 1. The fourth-order valence-electron chi connectivity index (χ4n) is 1.33. The van der Waals surface area contributed by atoms with Gasteiger partial charge in [-0.3, -0.25) is 0 Å². The highest BCUT2D eigenvalue weighted by Crippen LogP contribution is 2.23. The van der Waals surface area contributed by atoms with Crippen molar-refractivity contribution in [1.29, 1.82) is 0 Å². The standard InChI is InChI=1S/C12H20N2OS/c1-9(6-7-15)16-12-5-4-11(8-14-12)10(2)13-3/h4-5,8-10,13,15H,6-7H2,1-3H3. The van der Waals surface area contributed by atoms with Crippen LogP contribution in [0.1, 0.15) is 31.9 Å². The number of nitrogens with one attached hydrogen (secondary N) is 1. The summed E-state index contributed by atoms with van der Waals surface area (Å²) in [4.78, 5) is 4.41. The van der Waals surface area contributed by atoms with E-state index >= 15 is 0 Å². The van der Waals surface area contributed by atoms with Crippen LogP contribution in [0.25, 0.3) is 0 Å². The molecule has 2 unspecified atom stereocenters. The lowest BCUT2D eigenvalue weighted by Gasteiger charge is -2.12. The molecule has 16 heavy (non-hydrogen) atoms. The number of aliphatic hydroxyl groups is 1. The van der Waals surface area contributed by atoms with Crippen LogP contribution < -0.4 is 5.32 Å². The summed E-state index contributed by atoms with van der Waals surface area (Å²) in [6, 6.07) is 4.48. The number of nitrogens with zero attached hydrogens (tertiary/aromatic N) is 1. The van der Waals surface area contributed by atoms with Gasteiger partial charge in [0.25, 0.3) is 0 Å². The number of pyridine rings is 1.